The predicted octanol–water partition coefficient (Wildman–Crippen LogP) is 2.79. The van der Waals surface area contributed by atoms with E-state index in [9.17, 15) is 24.9 Å². The Morgan fingerprint density at radius 1 is 1.12 bits per heavy atom. The summed E-state index contributed by atoms with van der Waals surface area (Å²) in [6.07, 6.45) is 6.77. The van der Waals surface area contributed by atoms with Gasteiger partial charge < -0.3 is 39.7 Å². The molecule has 0 saturated heterocycles. The summed E-state index contributed by atoms with van der Waals surface area (Å²) in [5, 5.41) is 33.6. The van der Waals surface area contributed by atoms with Gasteiger partial charge >= 0.3 is 0 Å². The molecule has 5 aliphatic carbocycles. The van der Waals surface area contributed by atoms with Crippen molar-refractivity contribution in [1.82, 2.24) is 10.2 Å². The summed E-state index contributed by atoms with van der Waals surface area (Å²) in [5.41, 5.74) is 1.04. The van der Waals surface area contributed by atoms with Gasteiger partial charge in [-0.05, 0) is 115 Å². The zero-order valence-corrected chi connectivity index (χ0v) is 27.3. The lowest BCUT2D eigenvalue weighted by atomic mass is 9.49. The smallest absolute Gasteiger partial charge is 0.248 e. The summed E-state index contributed by atoms with van der Waals surface area (Å²) in [6.45, 7) is 2.38. The Labute approximate surface area is 267 Å². The molecule has 1 aromatic rings. The molecule has 4 N–H and O–H groups in total. The molecular weight excluding hydrogens is 667 g/mol. The number of nitrogens with zero attached hydrogens (tertiary/aromatic N) is 1. The lowest BCUT2D eigenvalue weighted by Crippen LogP contribution is -2.60. The van der Waals surface area contributed by atoms with E-state index < -0.39 is 18.2 Å². The summed E-state index contributed by atoms with van der Waals surface area (Å²) >= 11 is 2.09. The van der Waals surface area contributed by atoms with E-state index in [1.807, 2.05) is 6.92 Å². The number of aliphatic hydroxyl groups excluding tert-OH is 3. The molecule has 3 atom stereocenters. The van der Waals surface area contributed by atoms with Crippen LogP contribution < -0.4 is 14.8 Å². The number of aliphatic hydroxyl groups is 3. The van der Waals surface area contributed by atoms with Crippen LogP contribution in [0.3, 0.4) is 0 Å². The third-order valence-corrected chi connectivity index (χ3v) is 10.6. The van der Waals surface area contributed by atoms with Crippen molar-refractivity contribution in [3.8, 4) is 11.5 Å². The van der Waals surface area contributed by atoms with Crippen LogP contribution in [0.5, 0.6) is 11.5 Å². The number of rotatable bonds is 13. The molecule has 10 nitrogen and oxygen atoms in total. The van der Waals surface area contributed by atoms with E-state index in [0.717, 1.165) is 19.3 Å². The van der Waals surface area contributed by atoms with Crippen LogP contribution in [0.25, 0.3) is 0 Å². The second-order valence-corrected chi connectivity index (χ2v) is 14.0. The van der Waals surface area contributed by atoms with Crippen molar-refractivity contribution in [2.75, 3.05) is 40.0 Å². The Kier molecular flexibility index (Phi) is 10.6. The molecule has 4 saturated carbocycles. The number of hydrogen-bond acceptors (Lipinski definition) is 8. The largest absolute Gasteiger partial charge is 0.493 e. The van der Waals surface area contributed by atoms with Gasteiger partial charge in [0, 0.05) is 31.7 Å². The molecule has 0 aliphatic heterocycles. The van der Waals surface area contributed by atoms with E-state index in [4.69, 9.17) is 14.2 Å². The molecule has 6 rings (SSSR count). The van der Waals surface area contributed by atoms with Crippen molar-refractivity contribution in [3.63, 3.8) is 0 Å². The second kappa shape index (κ2) is 14.0. The Balaban J connectivity index is 1.49. The average Bonchev–Trinajstić information content (AvgIpc) is 2.98. The number of methoxy groups -OCH3 is 1. The minimum atomic E-state index is -1.13. The molecule has 238 valence electrons. The summed E-state index contributed by atoms with van der Waals surface area (Å²) < 4.78 is 18.2. The highest BCUT2D eigenvalue weighted by molar-refractivity contribution is 14.1. The van der Waals surface area contributed by atoms with Crippen molar-refractivity contribution in [1.29, 1.82) is 0 Å². The van der Waals surface area contributed by atoms with Crippen LogP contribution in [0.2, 0.25) is 0 Å². The molecule has 11 heteroatoms. The van der Waals surface area contributed by atoms with Gasteiger partial charge in [0.05, 0.1) is 29.9 Å². The first-order valence-electron chi connectivity index (χ1n) is 15.5. The lowest BCUT2D eigenvalue weighted by Gasteiger charge is -2.58. The summed E-state index contributed by atoms with van der Waals surface area (Å²) in [6, 6.07) is 2.73. The standard InChI is InChI=1S/C32H45IN2O8/c1-3-42-17-28(38)35(18-32-13-19-6-20(14-32)8-21(7-19)15-32)25-11-23(31(40)34-4-5-36)12-26(29(25)39)43-30-24(33)9-22(16-37)10-27(30)41-2/h9-10,12,19-21,25-26,29,36-37,39H,3-8,11,13-18H2,1-2H3,(H,34,40). The quantitative estimate of drug-likeness (QED) is 0.230. The van der Waals surface area contributed by atoms with E-state index in [1.54, 1.807) is 23.1 Å². The van der Waals surface area contributed by atoms with Crippen LogP contribution >= 0.6 is 22.6 Å². The molecule has 0 aromatic heterocycles. The van der Waals surface area contributed by atoms with E-state index in [2.05, 4.69) is 27.9 Å². The zero-order valence-electron chi connectivity index (χ0n) is 25.1. The molecule has 3 unspecified atom stereocenters. The maximum atomic E-state index is 13.9. The first-order chi connectivity index (χ1) is 20.7. The van der Waals surface area contributed by atoms with E-state index in [0.29, 0.717) is 57.1 Å². The van der Waals surface area contributed by atoms with Crippen LogP contribution in [0.15, 0.2) is 23.8 Å². The van der Waals surface area contributed by atoms with Crippen molar-refractivity contribution >= 4 is 34.4 Å². The molecule has 43 heavy (non-hydrogen) atoms. The van der Waals surface area contributed by atoms with Crippen LogP contribution in [0, 0.1) is 26.7 Å². The van der Waals surface area contributed by atoms with Gasteiger partial charge in [0.1, 0.15) is 18.8 Å². The van der Waals surface area contributed by atoms with Crippen LogP contribution in [-0.4, -0.2) is 90.3 Å². The van der Waals surface area contributed by atoms with Crippen LogP contribution in [-0.2, 0) is 20.9 Å². The minimum Gasteiger partial charge on any atom is -0.493 e. The summed E-state index contributed by atoms with van der Waals surface area (Å²) in [4.78, 5) is 28.9. The van der Waals surface area contributed by atoms with E-state index in [1.165, 1.54) is 26.4 Å². The van der Waals surface area contributed by atoms with Gasteiger partial charge in [0.2, 0.25) is 11.8 Å². The third-order valence-electron chi connectivity index (χ3n) is 9.76. The highest BCUT2D eigenvalue weighted by Crippen LogP contribution is 2.60. The Hall–Kier alpha value is -1.93. The van der Waals surface area contributed by atoms with Crippen molar-refractivity contribution < 1.29 is 39.1 Å². The van der Waals surface area contributed by atoms with Gasteiger partial charge in [-0.1, -0.05) is 0 Å². The average molecular weight is 713 g/mol. The number of hydrogen-bond donors (Lipinski definition) is 4. The number of carbonyl (C=O) groups excluding carboxylic acids is 2. The number of halogens is 1. The fourth-order valence-corrected chi connectivity index (χ4v) is 9.20. The van der Waals surface area contributed by atoms with Gasteiger partial charge in [-0.25, -0.2) is 0 Å². The monoisotopic (exact) mass is 712 g/mol. The zero-order chi connectivity index (χ0) is 30.7. The first kappa shape index (κ1) is 32.5. The van der Waals surface area contributed by atoms with Crippen molar-refractivity contribution in [2.45, 2.75) is 76.7 Å². The van der Waals surface area contributed by atoms with E-state index in [-0.39, 0.29) is 50.0 Å². The topological polar surface area (TPSA) is 138 Å². The summed E-state index contributed by atoms with van der Waals surface area (Å²) in [5.74, 6) is 2.28. The molecule has 0 radical (unpaired) electrons. The summed E-state index contributed by atoms with van der Waals surface area (Å²) in [7, 11) is 1.50. The van der Waals surface area contributed by atoms with Gasteiger partial charge in [-0.15, -0.1) is 0 Å². The second-order valence-electron chi connectivity index (χ2n) is 12.9. The molecule has 4 fully saturated rings. The van der Waals surface area contributed by atoms with Crippen molar-refractivity contribution in [3.05, 3.63) is 32.9 Å². The van der Waals surface area contributed by atoms with Gasteiger partial charge in [0.25, 0.3) is 0 Å². The van der Waals surface area contributed by atoms with Gasteiger partial charge in [-0.3, -0.25) is 9.59 Å². The maximum absolute atomic E-state index is 13.9. The normalized spacial score (nSPS) is 31.0. The number of carbonyl (C=O) groups is 2. The van der Waals surface area contributed by atoms with Crippen molar-refractivity contribution in [2.24, 2.45) is 23.2 Å². The minimum absolute atomic E-state index is 0.00585. The molecule has 4 bridgehead atoms. The molecule has 0 spiro atoms. The number of ether oxygens (including phenoxy) is 3. The van der Waals surface area contributed by atoms with Crippen LogP contribution in [0.4, 0.5) is 0 Å². The molecule has 5 aliphatic rings. The SMILES string of the molecule is CCOCC(=O)N(CC12CC3CC(CC(C3)C1)C2)C1CC(C(=O)NCCO)=CC(Oc2c(I)cc(CO)cc2OC)C1O. The molecule has 2 amide bonds. The number of benzene rings is 1. The molecular formula is C32H45IN2O8. The fourth-order valence-electron chi connectivity index (χ4n) is 8.40. The highest BCUT2D eigenvalue weighted by Gasteiger charge is 2.53. The Morgan fingerprint density at radius 3 is 2.37 bits per heavy atom. The van der Waals surface area contributed by atoms with Crippen LogP contribution in [0.1, 0.15) is 57.4 Å². The number of amides is 2. The Bertz CT molecular complexity index is 1170. The maximum Gasteiger partial charge on any atom is 0.248 e. The van der Waals surface area contributed by atoms with Gasteiger partial charge in [0.15, 0.2) is 11.5 Å². The first-order valence-corrected chi connectivity index (χ1v) is 16.6. The third kappa shape index (κ3) is 7.16. The van der Waals surface area contributed by atoms with Gasteiger partial charge in [-0.2, -0.15) is 0 Å². The Morgan fingerprint density at radius 2 is 1.79 bits per heavy atom. The number of nitrogens with one attached hydrogen (secondary N) is 1. The molecule has 0 heterocycles. The lowest BCUT2D eigenvalue weighted by molar-refractivity contribution is -0.151. The van der Waals surface area contributed by atoms with E-state index >= 15 is 0 Å². The fraction of sp³-hybridized carbons (Fsp3) is 0.688. The molecule has 1 aromatic carbocycles. The highest BCUT2D eigenvalue weighted by atomic mass is 127. The predicted molar refractivity (Wildman–Crippen MR) is 167 cm³/mol.